The zero-order valence-electron chi connectivity index (χ0n) is 18.1. The largest absolute Gasteiger partial charge is 0.369 e. The van der Waals surface area contributed by atoms with E-state index in [2.05, 4.69) is 0 Å². The molecule has 0 N–H and O–H groups in total. The van der Waals surface area contributed by atoms with Crippen molar-refractivity contribution >= 4 is 26.4 Å². The van der Waals surface area contributed by atoms with Crippen LogP contribution in [-0.2, 0) is 16.4 Å². The normalized spacial score (nSPS) is 14.5. The average Bonchev–Trinajstić information content (AvgIpc) is 3.26. The lowest BCUT2D eigenvalue weighted by Crippen LogP contribution is -2.22. The van der Waals surface area contributed by atoms with Gasteiger partial charge in [-0.15, -0.1) is 0 Å². The van der Waals surface area contributed by atoms with Crippen LogP contribution in [0.5, 0.6) is 0 Å². The van der Waals surface area contributed by atoms with E-state index in [1.165, 1.54) is 12.3 Å². The lowest BCUT2D eigenvalue weighted by atomic mass is 10.1. The highest BCUT2D eigenvalue weighted by Crippen LogP contribution is 2.30. The highest BCUT2D eigenvalue weighted by Gasteiger charge is 2.27. The molecule has 31 heavy (non-hydrogen) atoms. The summed E-state index contributed by atoms with van der Waals surface area (Å²) in [6.45, 7) is 7.58. The molecule has 0 atom stereocenters. The number of anilines is 1. The minimum Gasteiger partial charge on any atom is -0.369 e. The van der Waals surface area contributed by atoms with Crippen LogP contribution in [0.4, 0.5) is 10.1 Å². The summed E-state index contributed by atoms with van der Waals surface area (Å²) in [7, 11) is -4.06. The second-order valence-electron chi connectivity index (χ2n) is 8.30. The molecule has 0 radical (unpaired) electrons. The fraction of sp³-hybridized carbons (Fsp3) is 0.375. The number of pyridine rings is 1. The minimum absolute atomic E-state index is 0.0975. The fourth-order valence-electron chi connectivity index (χ4n) is 4.31. The Balaban J connectivity index is 1.99. The Labute approximate surface area is 182 Å². The quantitative estimate of drug-likeness (QED) is 0.579. The smallest absolute Gasteiger partial charge is 0.212 e. The monoisotopic (exact) mass is 442 g/mol. The maximum atomic E-state index is 15.0. The first-order valence-corrected chi connectivity index (χ1v) is 12.2. The van der Waals surface area contributed by atoms with Crippen molar-refractivity contribution in [1.29, 1.82) is 0 Å². The van der Waals surface area contributed by atoms with Crippen LogP contribution < -0.4 is 10.3 Å². The second-order valence-corrected chi connectivity index (χ2v) is 10.2. The number of rotatable bonds is 5. The Hall–Kier alpha value is -2.67. The van der Waals surface area contributed by atoms with Crippen LogP contribution in [0, 0.1) is 19.7 Å². The van der Waals surface area contributed by atoms with Crippen molar-refractivity contribution in [2.75, 3.05) is 18.0 Å². The number of nitrogens with zero attached hydrogens (tertiary/aromatic N) is 2. The van der Waals surface area contributed by atoms with Crippen LogP contribution in [0.1, 0.15) is 37.3 Å². The van der Waals surface area contributed by atoms with E-state index in [4.69, 9.17) is 0 Å². The molecule has 164 valence electrons. The molecule has 1 saturated heterocycles. The maximum Gasteiger partial charge on any atom is 0.212 e. The molecule has 1 aliphatic rings. The van der Waals surface area contributed by atoms with Crippen molar-refractivity contribution < 1.29 is 12.8 Å². The topological polar surface area (TPSA) is 59.4 Å². The summed E-state index contributed by atoms with van der Waals surface area (Å²) < 4.78 is 43.7. The summed E-state index contributed by atoms with van der Waals surface area (Å²) in [5.41, 5.74) is 1.74. The standard InChI is InChI=1S/C24H27FN2O3S/c1-4-9-27-15-23(31(29,30)22-12-16(2)7-8-17(22)3)24(28)18-13-19(25)21(14-20(18)27)26-10-5-6-11-26/h7-8,12-15H,4-6,9-11H2,1-3H3. The number of aryl methyl sites for hydroxylation is 3. The summed E-state index contributed by atoms with van der Waals surface area (Å²) >= 11 is 0. The second kappa shape index (κ2) is 8.11. The molecule has 1 aliphatic heterocycles. The SMILES string of the molecule is CCCn1cc(S(=O)(=O)c2cc(C)ccc2C)c(=O)c2cc(F)c(N3CCCC3)cc21. The number of hydrogen-bond donors (Lipinski definition) is 0. The van der Waals surface area contributed by atoms with Crippen LogP contribution in [0.2, 0.25) is 0 Å². The van der Waals surface area contributed by atoms with Gasteiger partial charge in [0.05, 0.1) is 21.5 Å². The van der Waals surface area contributed by atoms with E-state index in [0.29, 0.717) is 23.3 Å². The predicted molar refractivity (Wildman–Crippen MR) is 121 cm³/mol. The number of aromatic nitrogens is 1. The van der Waals surface area contributed by atoms with Gasteiger partial charge in [-0.2, -0.15) is 0 Å². The molecule has 5 nitrogen and oxygen atoms in total. The number of halogens is 1. The highest BCUT2D eigenvalue weighted by atomic mass is 32.2. The van der Waals surface area contributed by atoms with Crippen LogP contribution in [0.25, 0.3) is 10.9 Å². The van der Waals surface area contributed by atoms with Gasteiger partial charge in [-0.25, -0.2) is 12.8 Å². The summed E-state index contributed by atoms with van der Waals surface area (Å²) in [6, 6.07) is 8.05. The first-order chi connectivity index (χ1) is 14.7. The molecular weight excluding hydrogens is 415 g/mol. The first kappa shape index (κ1) is 21.6. The lowest BCUT2D eigenvalue weighted by Gasteiger charge is -2.21. The Morgan fingerprint density at radius 1 is 1.03 bits per heavy atom. The third-order valence-corrected chi connectivity index (χ3v) is 7.84. The molecule has 1 aromatic heterocycles. The molecule has 0 spiro atoms. The molecule has 2 aromatic carbocycles. The average molecular weight is 443 g/mol. The summed E-state index contributed by atoms with van der Waals surface area (Å²) in [6.07, 6.45) is 4.19. The number of benzene rings is 2. The van der Waals surface area contributed by atoms with E-state index in [1.54, 1.807) is 29.7 Å². The molecule has 3 aromatic rings. The fourth-order valence-corrected chi connectivity index (χ4v) is 6.00. The third-order valence-electron chi connectivity index (χ3n) is 5.95. The van der Waals surface area contributed by atoms with E-state index >= 15 is 0 Å². The predicted octanol–water partition coefficient (Wildman–Crippen LogP) is 4.60. The molecule has 7 heteroatoms. The van der Waals surface area contributed by atoms with Crippen LogP contribution in [-0.4, -0.2) is 26.1 Å². The van der Waals surface area contributed by atoms with Gasteiger partial charge in [0.15, 0.2) is 0 Å². The maximum absolute atomic E-state index is 15.0. The summed E-state index contributed by atoms with van der Waals surface area (Å²) in [4.78, 5) is 15.1. The molecule has 0 unspecified atom stereocenters. The molecule has 0 amide bonds. The zero-order chi connectivity index (χ0) is 22.3. The van der Waals surface area contributed by atoms with E-state index < -0.39 is 21.1 Å². The Bertz CT molecular complexity index is 1320. The number of fused-ring (bicyclic) bond motifs is 1. The molecular formula is C24H27FN2O3S. The third kappa shape index (κ3) is 3.76. The van der Waals surface area contributed by atoms with E-state index in [9.17, 15) is 17.6 Å². The van der Waals surface area contributed by atoms with Gasteiger partial charge in [0, 0.05) is 25.8 Å². The molecule has 0 saturated carbocycles. The van der Waals surface area contributed by atoms with Gasteiger partial charge in [0.25, 0.3) is 0 Å². The van der Waals surface area contributed by atoms with Crippen molar-refractivity contribution in [3.63, 3.8) is 0 Å². The number of sulfone groups is 1. The van der Waals surface area contributed by atoms with Gasteiger partial charge in [-0.1, -0.05) is 19.1 Å². The van der Waals surface area contributed by atoms with Crippen molar-refractivity contribution in [3.8, 4) is 0 Å². The zero-order valence-corrected chi connectivity index (χ0v) is 18.9. The van der Waals surface area contributed by atoms with Crippen LogP contribution in [0.3, 0.4) is 0 Å². The molecule has 1 fully saturated rings. The number of hydrogen-bond acceptors (Lipinski definition) is 4. The Morgan fingerprint density at radius 3 is 2.42 bits per heavy atom. The lowest BCUT2D eigenvalue weighted by molar-refractivity contribution is 0.591. The highest BCUT2D eigenvalue weighted by molar-refractivity contribution is 7.91. The molecule has 4 rings (SSSR count). The van der Waals surface area contributed by atoms with Crippen molar-refractivity contribution in [3.05, 3.63) is 63.7 Å². The minimum atomic E-state index is -4.06. The van der Waals surface area contributed by atoms with Crippen molar-refractivity contribution in [2.24, 2.45) is 0 Å². The van der Waals surface area contributed by atoms with Gasteiger partial charge in [0.1, 0.15) is 10.7 Å². The van der Waals surface area contributed by atoms with Gasteiger partial charge in [0.2, 0.25) is 15.3 Å². The van der Waals surface area contributed by atoms with Gasteiger partial charge >= 0.3 is 0 Å². The van der Waals surface area contributed by atoms with E-state index in [-0.39, 0.29) is 15.2 Å². The van der Waals surface area contributed by atoms with Crippen molar-refractivity contribution in [1.82, 2.24) is 4.57 Å². The van der Waals surface area contributed by atoms with Gasteiger partial charge < -0.3 is 9.47 Å². The Morgan fingerprint density at radius 2 is 1.74 bits per heavy atom. The van der Waals surface area contributed by atoms with Crippen LogP contribution in [0.15, 0.2) is 51.1 Å². The molecule has 2 heterocycles. The van der Waals surface area contributed by atoms with E-state index in [1.807, 2.05) is 24.8 Å². The summed E-state index contributed by atoms with van der Waals surface area (Å²) in [5.74, 6) is -0.490. The first-order valence-electron chi connectivity index (χ1n) is 10.7. The summed E-state index contributed by atoms with van der Waals surface area (Å²) in [5, 5.41) is 0.0975. The van der Waals surface area contributed by atoms with Crippen LogP contribution >= 0.6 is 0 Å². The van der Waals surface area contributed by atoms with Gasteiger partial charge in [-0.05, 0) is 62.4 Å². The van der Waals surface area contributed by atoms with E-state index in [0.717, 1.165) is 37.9 Å². The van der Waals surface area contributed by atoms with Gasteiger partial charge in [-0.3, -0.25) is 4.79 Å². The Kier molecular flexibility index (Phi) is 5.64. The molecule has 0 bridgehead atoms. The van der Waals surface area contributed by atoms with Crippen molar-refractivity contribution in [2.45, 2.75) is 56.4 Å². The molecule has 0 aliphatic carbocycles.